The summed E-state index contributed by atoms with van der Waals surface area (Å²) < 4.78 is 5.63. The summed E-state index contributed by atoms with van der Waals surface area (Å²) in [7, 11) is 2.02. The molecule has 4 nitrogen and oxygen atoms in total. The lowest BCUT2D eigenvalue weighted by molar-refractivity contribution is 0.0697. The standard InChI is InChI=1S/C17H19NO3/c1-13-4-3-5-15(12-13)18(2)10-11-21-16-8-6-14(7-9-16)17(19)20/h3-9,12H,10-11H2,1-2H3,(H,19,20). The number of aromatic carboxylic acids is 1. The van der Waals surface area contributed by atoms with Crippen molar-refractivity contribution in [3.8, 4) is 5.75 Å². The molecule has 1 N–H and O–H groups in total. The third kappa shape index (κ3) is 4.24. The van der Waals surface area contributed by atoms with Crippen molar-refractivity contribution in [2.75, 3.05) is 25.1 Å². The van der Waals surface area contributed by atoms with Crippen LogP contribution in [0.4, 0.5) is 5.69 Å². The van der Waals surface area contributed by atoms with Crippen LogP contribution < -0.4 is 9.64 Å². The fraction of sp³-hybridized carbons (Fsp3) is 0.235. The van der Waals surface area contributed by atoms with Gasteiger partial charge in [-0.05, 0) is 48.9 Å². The van der Waals surface area contributed by atoms with Gasteiger partial charge in [0.25, 0.3) is 0 Å². The highest BCUT2D eigenvalue weighted by atomic mass is 16.5. The number of hydrogen-bond donors (Lipinski definition) is 1. The van der Waals surface area contributed by atoms with E-state index in [1.165, 1.54) is 5.56 Å². The van der Waals surface area contributed by atoms with Crippen LogP contribution in [0.3, 0.4) is 0 Å². The van der Waals surface area contributed by atoms with Gasteiger partial charge in [0.2, 0.25) is 0 Å². The molecule has 21 heavy (non-hydrogen) atoms. The Morgan fingerprint density at radius 1 is 1.19 bits per heavy atom. The minimum atomic E-state index is -0.930. The van der Waals surface area contributed by atoms with Crippen LogP contribution in [0.2, 0.25) is 0 Å². The maximum atomic E-state index is 10.8. The van der Waals surface area contributed by atoms with Crippen LogP contribution in [0, 0.1) is 6.92 Å². The first-order valence-electron chi connectivity index (χ1n) is 6.80. The molecule has 0 spiro atoms. The molecule has 0 fully saturated rings. The van der Waals surface area contributed by atoms with E-state index in [2.05, 4.69) is 30.0 Å². The van der Waals surface area contributed by atoms with Gasteiger partial charge in [0.15, 0.2) is 0 Å². The average Bonchev–Trinajstić information content (AvgIpc) is 2.47. The van der Waals surface area contributed by atoms with Gasteiger partial charge in [-0.3, -0.25) is 0 Å². The largest absolute Gasteiger partial charge is 0.492 e. The van der Waals surface area contributed by atoms with Crippen molar-refractivity contribution in [1.82, 2.24) is 0 Å². The van der Waals surface area contributed by atoms with Crippen molar-refractivity contribution in [2.24, 2.45) is 0 Å². The second-order valence-corrected chi connectivity index (χ2v) is 4.94. The Morgan fingerprint density at radius 2 is 1.90 bits per heavy atom. The van der Waals surface area contributed by atoms with E-state index in [0.717, 1.165) is 12.2 Å². The molecule has 2 aromatic rings. The molecule has 0 aliphatic rings. The molecule has 110 valence electrons. The molecular formula is C17H19NO3. The molecule has 0 heterocycles. The Hall–Kier alpha value is -2.49. The first kappa shape index (κ1) is 14.9. The molecule has 2 rings (SSSR count). The van der Waals surface area contributed by atoms with E-state index in [-0.39, 0.29) is 5.56 Å². The average molecular weight is 285 g/mol. The number of carboxylic acids is 1. The normalized spacial score (nSPS) is 10.2. The third-order valence-corrected chi connectivity index (χ3v) is 3.24. The molecule has 0 aliphatic heterocycles. The van der Waals surface area contributed by atoms with Crippen LogP contribution >= 0.6 is 0 Å². The molecule has 0 radical (unpaired) electrons. The second kappa shape index (κ2) is 6.79. The van der Waals surface area contributed by atoms with Gasteiger partial charge in [0.05, 0.1) is 12.1 Å². The van der Waals surface area contributed by atoms with Crippen LogP contribution in [0.5, 0.6) is 5.75 Å². The van der Waals surface area contributed by atoms with Crippen molar-refractivity contribution in [3.05, 3.63) is 59.7 Å². The highest BCUT2D eigenvalue weighted by molar-refractivity contribution is 5.87. The van der Waals surface area contributed by atoms with E-state index in [1.54, 1.807) is 24.3 Å². The maximum Gasteiger partial charge on any atom is 0.335 e. The number of hydrogen-bond acceptors (Lipinski definition) is 3. The van der Waals surface area contributed by atoms with E-state index in [9.17, 15) is 4.79 Å². The van der Waals surface area contributed by atoms with Crippen molar-refractivity contribution < 1.29 is 14.6 Å². The van der Waals surface area contributed by atoms with Gasteiger partial charge in [0.1, 0.15) is 12.4 Å². The molecule has 0 amide bonds. The predicted octanol–water partition coefficient (Wildman–Crippen LogP) is 3.21. The lowest BCUT2D eigenvalue weighted by atomic mass is 10.2. The Balaban J connectivity index is 1.85. The molecular weight excluding hydrogens is 266 g/mol. The topological polar surface area (TPSA) is 49.8 Å². The summed E-state index contributed by atoms with van der Waals surface area (Å²) in [5.74, 6) is -0.252. The van der Waals surface area contributed by atoms with Gasteiger partial charge in [-0.2, -0.15) is 0 Å². The lowest BCUT2D eigenvalue weighted by Crippen LogP contribution is -2.23. The summed E-state index contributed by atoms with van der Waals surface area (Å²) in [6, 6.07) is 14.7. The number of anilines is 1. The fourth-order valence-corrected chi connectivity index (χ4v) is 1.99. The molecule has 0 atom stereocenters. The van der Waals surface area contributed by atoms with Crippen molar-refractivity contribution >= 4 is 11.7 Å². The molecule has 0 aliphatic carbocycles. The zero-order chi connectivity index (χ0) is 15.2. The number of carbonyl (C=O) groups is 1. The second-order valence-electron chi connectivity index (χ2n) is 4.94. The lowest BCUT2D eigenvalue weighted by Gasteiger charge is -2.20. The number of nitrogens with zero attached hydrogens (tertiary/aromatic N) is 1. The summed E-state index contributed by atoms with van der Waals surface area (Å²) in [6.45, 7) is 3.36. The number of likely N-dealkylation sites (N-methyl/N-ethyl adjacent to an activating group) is 1. The Kier molecular flexibility index (Phi) is 4.82. The summed E-state index contributed by atoms with van der Waals surface area (Å²) in [5, 5.41) is 8.83. The van der Waals surface area contributed by atoms with Crippen LogP contribution in [0.25, 0.3) is 0 Å². The number of carboxylic acid groups (broad SMARTS) is 1. The van der Waals surface area contributed by atoms with E-state index < -0.39 is 5.97 Å². The zero-order valence-corrected chi connectivity index (χ0v) is 12.2. The summed E-state index contributed by atoms with van der Waals surface area (Å²) in [4.78, 5) is 12.9. The molecule has 0 unspecified atom stereocenters. The highest BCUT2D eigenvalue weighted by Crippen LogP contribution is 2.15. The summed E-state index contributed by atoms with van der Waals surface area (Å²) in [5.41, 5.74) is 2.64. The monoisotopic (exact) mass is 285 g/mol. The van der Waals surface area contributed by atoms with Crippen molar-refractivity contribution in [1.29, 1.82) is 0 Å². The van der Waals surface area contributed by atoms with Crippen molar-refractivity contribution in [3.63, 3.8) is 0 Å². The van der Waals surface area contributed by atoms with Gasteiger partial charge >= 0.3 is 5.97 Å². The smallest absolute Gasteiger partial charge is 0.335 e. The summed E-state index contributed by atoms with van der Waals surface area (Å²) >= 11 is 0. The Bertz CT molecular complexity index is 608. The Labute approximate surface area is 124 Å². The molecule has 0 aromatic heterocycles. The van der Waals surface area contributed by atoms with Crippen LogP contribution in [-0.2, 0) is 0 Å². The molecule has 0 saturated heterocycles. The van der Waals surface area contributed by atoms with Gasteiger partial charge < -0.3 is 14.7 Å². The first-order valence-corrected chi connectivity index (χ1v) is 6.80. The van der Waals surface area contributed by atoms with Crippen LogP contribution in [0.1, 0.15) is 15.9 Å². The first-order chi connectivity index (χ1) is 10.1. The highest BCUT2D eigenvalue weighted by Gasteiger charge is 2.03. The minimum Gasteiger partial charge on any atom is -0.492 e. The fourth-order valence-electron chi connectivity index (χ4n) is 1.99. The number of benzene rings is 2. The predicted molar refractivity (Wildman–Crippen MR) is 83.3 cm³/mol. The van der Waals surface area contributed by atoms with E-state index in [1.807, 2.05) is 13.1 Å². The minimum absolute atomic E-state index is 0.263. The summed E-state index contributed by atoms with van der Waals surface area (Å²) in [6.07, 6.45) is 0. The number of ether oxygens (including phenoxy) is 1. The molecule has 0 saturated carbocycles. The molecule has 2 aromatic carbocycles. The molecule has 4 heteroatoms. The van der Waals surface area contributed by atoms with Gasteiger partial charge in [-0.1, -0.05) is 12.1 Å². The maximum absolute atomic E-state index is 10.8. The van der Waals surface area contributed by atoms with Gasteiger partial charge in [-0.15, -0.1) is 0 Å². The van der Waals surface area contributed by atoms with E-state index >= 15 is 0 Å². The van der Waals surface area contributed by atoms with Gasteiger partial charge in [-0.25, -0.2) is 4.79 Å². The SMILES string of the molecule is Cc1cccc(N(C)CCOc2ccc(C(=O)O)cc2)c1. The number of aryl methyl sites for hydroxylation is 1. The van der Waals surface area contributed by atoms with Crippen molar-refractivity contribution in [2.45, 2.75) is 6.92 Å². The van der Waals surface area contributed by atoms with Crippen LogP contribution in [-0.4, -0.2) is 31.3 Å². The quantitative estimate of drug-likeness (QED) is 0.885. The number of rotatable bonds is 6. The Morgan fingerprint density at radius 3 is 2.52 bits per heavy atom. The zero-order valence-electron chi connectivity index (χ0n) is 12.2. The third-order valence-electron chi connectivity index (χ3n) is 3.24. The van der Waals surface area contributed by atoms with E-state index in [0.29, 0.717) is 12.4 Å². The van der Waals surface area contributed by atoms with Crippen LogP contribution in [0.15, 0.2) is 48.5 Å². The van der Waals surface area contributed by atoms with Gasteiger partial charge in [0, 0.05) is 12.7 Å². The van der Waals surface area contributed by atoms with E-state index in [4.69, 9.17) is 9.84 Å². The molecule has 0 bridgehead atoms.